The summed E-state index contributed by atoms with van der Waals surface area (Å²) >= 11 is 0. The number of aryl methyl sites for hydroxylation is 1. The van der Waals surface area contributed by atoms with Crippen molar-refractivity contribution >= 4 is 11.4 Å². The van der Waals surface area contributed by atoms with Gasteiger partial charge in [0.25, 0.3) is 0 Å². The van der Waals surface area contributed by atoms with Gasteiger partial charge in [-0.1, -0.05) is 78.4 Å². The highest BCUT2D eigenvalue weighted by atomic mass is 15.0. The molecule has 0 spiro atoms. The Hall–Kier alpha value is -2.71. The van der Waals surface area contributed by atoms with Crippen LogP contribution in [0.2, 0.25) is 0 Å². The van der Waals surface area contributed by atoms with E-state index in [-0.39, 0.29) is 6.04 Å². The van der Waals surface area contributed by atoms with E-state index in [1.807, 2.05) is 12.1 Å². The van der Waals surface area contributed by atoms with Gasteiger partial charge in [-0.05, 0) is 24.1 Å². The Balaban J connectivity index is 1.63. The molecule has 1 heterocycles. The normalized spacial score (nSPS) is 15.9. The zero-order valence-electron chi connectivity index (χ0n) is 13.7. The summed E-state index contributed by atoms with van der Waals surface area (Å²) in [6, 6.07) is 27.6. The zero-order valence-corrected chi connectivity index (χ0v) is 13.7. The molecule has 118 valence electrons. The highest BCUT2D eigenvalue weighted by Crippen LogP contribution is 2.36. The van der Waals surface area contributed by atoms with Crippen molar-refractivity contribution in [3.8, 4) is 0 Å². The van der Waals surface area contributed by atoms with E-state index in [0.29, 0.717) is 0 Å². The number of hydrogen-bond acceptors (Lipinski definition) is 2. The van der Waals surface area contributed by atoms with Gasteiger partial charge in [-0.25, -0.2) is 0 Å². The molecule has 0 radical (unpaired) electrons. The maximum Gasteiger partial charge on any atom is 0.0781 e. The van der Waals surface area contributed by atoms with Crippen molar-refractivity contribution in [1.29, 1.82) is 0 Å². The quantitative estimate of drug-likeness (QED) is 0.723. The molecule has 0 fully saturated rings. The summed E-state index contributed by atoms with van der Waals surface area (Å²) in [6.45, 7) is 2.94. The summed E-state index contributed by atoms with van der Waals surface area (Å²) in [5, 5.41) is 3.69. The van der Waals surface area contributed by atoms with E-state index in [0.717, 1.165) is 17.9 Å². The maximum atomic E-state index is 4.88. The molecular formula is C22H20N2. The fraction of sp³-hybridized carbons (Fsp3) is 0.136. The van der Waals surface area contributed by atoms with Gasteiger partial charge in [-0.3, -0.25) is 4.99 Å². The SMILES string of the molecule is Cc1ccc(CNC2C(c3ccccc3)=Nc3ccccc32)cc1. The molecule has 1 unspecified atom stereocenters. The first-order chi connectivity index (χ1) is 11.8. The third kappa shape index (κ3) is 2.89. The number of rotatable bonds is 4. The summed E-state index contributed by atoms with van der Waals surface area (Å²) in [5.74, 6) is 0. The molecule has 24 heavy (non-hydrogen) atoms. The smallest absolute Gasteiger partial charge is 0.0781 e. The predicted octanol–water partition coefficient (Wildman–Crippen LogP) is 4.96. The van der Waals surface area contributed by atoms with Gasteiger partial charge in [-0.2, -0.15) is 0 Å². The average Bonchev–Trinajstić information content (AvgIpc) is 3.01. The Morgan fingerprint density at radius 3 is 2.33 bits per heavy atom. The maximum absolute atomic E-state index is 4.88. The number of para-hydroxylation sites is 1. The van der Waals surface area contributed by atoms with Gasteiger partial charge >= 0.3 is 0 Å². The van der Waals surface area contributed by atoms with E-state index in [1.54, 1.807) is 0 Å². The molecule has 2 nitrogen and oxygen atoms in total. The number of nitrogens with one attached hydrogen (secondary N) is 1. The van der Waals surface area contributed by atoms with Crippen LogP contribution >= 0.6 is 0 Å². The minimum atomic E-state index is 0.130. The van der Waals surface area contributed by atoms with Gasteiger partial charge in [0.05, 0.1) is 17.4 Å². The van der Waals surface area contributed by atoms with E-state index in [2.05, 4.69) is 79.0 Å². The van der Waals surface area contributed by atoms with Crippen molar-refractivity contribution in [1.82, 2.24) is 5.32 Å². The number of hydrogen-bond donors (Lipinski definition) is 1. The lowest BCUT2D eigenvalue weighted by molar-refractivity contribution is 0.655. The molecule has 1 atom stereocenters. The lowest BCUT2D eigenvalue weighted by atomic mass is 9.98. The topological polar surface area (TPSA) is 24.4 Å². The van der Waals surface area contributed by atoms with Crippen molar-refractivity contribution in [3.05, 3.63) is 101 Å². The second-order valence-corrected chi connectivity index (χ2v) is 6.22. The number of aliphatic imine (C=N–C) groups is 1. The fourth-order valence-electron chi connectivity index (χ4n) is 3.15. The molecule has 3 aromatic carbocycles. The highest BCUT2D eigenvalue weighted by molar-refractivity contribution is 6.09. The third-order valence-corrected chi connectivity index (χ3v) is 4.46. The summed E-state index contributed by atoms with van der Waals surface area (Å²) in [7, 11) is 0. The minimum absolute atomic E-state index is 0.130. The Labute approximate surface area is 142 Å². The molecule has 4 rings (SSSR count). The van der Waals surface area contributed by atoms with Crippen LogP contribution in [0.5, 0.6) is 0 Å². The monoisotopic (exact) mass is 312 g/mol. The molecule has 1 aliphatic heterocycles. The molecule has 0 aromatic heterocycles. The van der Waals surface area contributed by atoms with Gasteiger partial charge < -0.3 is 5.32 Å². The van der Waals surface area contributed by atoms with E-state index in [1.165, 1.54) is 22.3 Å². The van der Waals surface area contributed by atoms with E-state index in [4.69, 9.17) is 4.99 Å². The van der Waals surface area contributed by atoms with E-state index >= 15 is 0 Å². The standard InChI is InChI=1S/C22H20N2/c1-16-11-13-17(14-12-16)15-23-22-19-9-5-6-10-20(19)24-21(22)18-7-3-2-4-8-18/h2-14,22-23H,15H2,1H3. The average molecular weight is 312 g/mol. The van der Waals surface area contributed by atoms with Crippen LogP contribution in [0.15, 0.2) is 83.9 Å². The van der Waals surface area contributed by atoms with Crippen LogP contribution in [0, 0.1) is 6.92 Å². The second kappa shape index (κ2) is 6.42. The van der Waals surface area contributed by atoms with Gasteiger partial charge in [0.1, 0.15) is 0 Å². The van der Waals surface area contributed by atoms with Crippen LogP contribution in [-0.4, -0.2) is 5.71 Å². The van der Waals surface area contributed by atoms with Crippen molar-refractivity contribution in [3.63, 3.8) is 0 Å². The van der Waals surface area contributed by atoms with E-state index < -0.39 is 0 Å². The Morgan fingerprint density at radius 2 is 1.54 bits per heavy atom. The van der Waals surface area contributed by atoms with Gasteiger partial charge in [-0.15, -0.1) is 0 Å². The van der Waals surface area contributed by atoms with Gasteiger partial charge in [0.15, 0.2) is 0 Å². The molecular weight excluding hydrogens is 292 g/mol. The molecule has 0 amide bonds. The van der Waals surface area contributed by atoms with Crippen molar-refractivity contribution < 1.29 is 0 Å². The van der Waals surface area contributed by atoms with Crippen molar-refractivity contribution in [2.75, 3.05) is 0 Å². The van der Waals surface area contributed by atoms with E-state index in [9.17, 15) is 0 Å². The molecule has 2 heteroatoms. The van der Waals surface area contributed by atoms with Crippen LogP contribution < -0.4 is 5.32 Å². The summed E-state index contributed by atoms with van der Waals surface area (Å²) in [6.07, 6.45) is 0. The Kier molecular flexibility index (Phi) is 3.97. The number of nitrogens with zero attached hydrogens (tertiary/aromatic N) is 1. The Bertz CT molecular complexity index is 864. The van der Waals surface area contributed by atoms with Crippen LogP contribution in [-0.2, 0) is 6.54 Å². The summed E-state index contributed by atoms with van der Waals surface area (Å²) in [4.78, 5) is 4.88. The number of fused-ring (bicyclic) bond motifs is 1. The van der Waals surface area contributed by atoms with Crippen LogP contribution in [0.1, 0.15) is 28.3 Å². The molecule has 1 N–H and O–H groups in total. The molecule has 0 aliphatic carbocycles. The molecule has 0 saturated heterocycles. The minimum Gasteiger partial charge on any atom is -0.301 e. The summed E-state index contributed by atoms with van der Waals surface area (Å²) in [5.41, 5.74) is 7.18. The summed E-state index contributed by atoms with van der Waals surface area (Å²) < 4.78 is 0. The van der Waals surface area contributed by atoms with Crippen molar-refractivity contribution in [2.24, 2.45) is 4.99 Å². The second-order valence-electron chi connectivity index (χ2n) is 6.22. The molecule has 0 bridgehead atoms. The largest absolute Gasteiger partial charge is 0.301 e. The molecule has 0 saturated carbocycles. The third-order valence-electron chi connectivity index (χ3n) is 4.46. The molecule has 3 aromatic rings. The highest BCUT2D eigenvalue weighted by Gasteiger charge is 2.27. The number of benzene rings is 3. The molecule has 1 aliphatic rings. The zero-order chi connectivity index (χ0) is 16.4. The fourth-order valence-corrected chi connectivity index (χ4v) is 3.15. The predicted molar refractivity (Wildman–Crippen MR) is 99.8 cm³/mol. The van der Waals surface area contributed by atoms with Gasteiger partial charge in [0, 0.05) is 12.1 Å². The van der Waals surface area contributed by atoms with Gasteiger partial charge in [0.2, 0.25) is 0 Å². The lowest BCUT2D eigenvalue weighted by Gasteiger charge is -2.17. The van der Waals surface area contributed by atoms with Crippen LogP contribution in [0.4, 0.5) is 5.69 Å². The van der Waals surface area contributed by atoms with Crippen LogP contribution in [0.3, 0.4) is 0 Å². The first kappa shape index (κ1) is 14.9. The first-order valence-corrected chi connectivity index (χ1v) is 8.33. The lowest BCUT2D eigenvalue weighted by Crippen LogP contribution is -2.26. The Morgan fingerprint density at radius 1 is 0.833 bits per heavy atom. The van der Waals surface area contributed by atoms with Crippen molar-refractivity contribution in [2.45, 2.75) is 19.5 Å². The first-order valence-electron chi connectivity index (χ1n) is 8.33. The van der Waals surface area contributed by atoms with Crippen LogP contribution in [0.25, 0.3) is 0 Å².